The first-order valence-electron chi connectivity index (χ1n) is 9.73. The Morgan fingerprint density at radius 1 is 1.17 bits per heavy atom. The van der Waals surface area contributed by atoms with Gasteiger partial charge in [-0.15, -0.1) is 12.4 Å². The number of piperidine rings is 1. The number of methoxy groups -OCH3 is 1. The Morgan fingerprint density at radius 3 is 2.62 bits per heavy atom. The molecule has 3 aromatic rings. The van der Waals surface area contributed by atoms with Gasteiger partial charge in [-0.2, -0.15) is 0 Å². The van der Waals surface area contributed by atoms with Gasteiger partial charge in [-0.1, -0.05) is 0 Å². The number of hydrogen-bond donors (Lipinski definition) is 1. The highest BCUT2D eigenvalue weighted by molar-refractivity contribution is 6.08. The van der Waals surface area contributed by atoms with Crippen LogP contribution in [0.4, 0.5) is 11.5 Å². The van der Waals surface area contributed by atoms with Gasteiger partial charge in [-0.05, 0) is 56.0 Å². The number of rotatable bonds is 4. The van der Waals surface area contributed by atoms with Gasteiger partial charge < -0.3 is 19.5 Å². The Bertz CT molecular complexity index is 1030. The lowest BCUT2D eigenvalue weighted by Crippen LogP contribution is -2.35. The smallest absolute Gasteiger partial charge is 0.257 e. The van der Waals surface area contributed by atoms with Crippen LogP contribution in [0.5, 0.6) is 5.75 Å². The number of pyridine rings is 1. The Kier molecular flexibility index (Phi) is 6.33. The summed E-state index contributed by atoms with van der Waals surface area (Å²) in [7, 11) is 3.63. The SMILES string of the molecule is COc1ccc(Nc2ncc(C(=O)N3CCCCC3)c3c2ccn3C)c(C)c1.Cl. The van der Waals surface area contributed by atoms with Crippen LogP contribution in [0.1, 0.15) is 35.2 Å². The van der Waals surface area contributed by atoms with E-state index in [1.807, 2.05) is 53.9 Å². The zero-order valence-corrected chi connectivity index (χ0v) is 17.9. The molecule has 0 aliphatic carbocycles. The molecule has 7 heteroatoms. The number of nitrogens with zero attached hydrogens (tertiary/aromatic N) is 3. The second-order valence-electron chi connectivity index (χ2n) is 7.37. The number of carbonyl (C=O) groups is 1. The lowest BCUT2D eigenvalue weighted by atomic mass is 10.1. The number of benzene rings is 1. The van der Waals surface area contributed by atoms with Crippen LogP contribution >= 0.6 is 12.4 Å². The summed E-state index contributed by atoms with van der Waals surface area (Å²) in [6.07, 6.45) is 7.04. The second kappa shape index (κ2) is 8.74. The molecule has 0 unspecified atom stereocenters. The maximum Gasteiger partial charge on any atom is 0.257 e. The fourth-order valence-electron chi connectivity index (χ4n) is 3.87. The van der Waals surface area contributed by atoms with E-state index in [1.54, 1.807) is 13.3 Å². The van der Waals surface area contributed by atoms with E-state index in [0.29, 0.717) is 5.56 Å². The van der Waals surface area contributed by atoms with Crippen molar-refractivity contribution in [3.63, 3.8) is 0 Å². The van der Waals surface area contributed by atoms with Gasteiger partial charge in [0.05, 0.1) is 18.2 Å². The molecule has 1 aliphatic heterocycles. The van der Waals surface area contributed by atoms with E-state index < -0.39 is 0 Å². The monoisotopic (exact) mass is 414 g/mol. The molecule has 1 saturated heterocycles. The molecule has 29 heavy (non-hydrogen) atoms. The Morgan fingerprint density at radius 2 is 1.93 bits per heavy atom. The summed E-state index contributed by atoms with van der Waals surface area (Å²) in [6.45, 7) is 3.69. The minimum Gasteiger partial charge on any atom is -0.497 e. The highest BCUT2D eigenvalue weighted by atomic mass is 35.5. The molecule has 1 N–H and O–H groups in total. The summed E-state index contributed by atoms with van der Waals surface area (Å²) >= 11 is 0. The van der Waals surface area contributed by atoms with Crippen molar-refractivity contribution in [3.8, 4) is 5.75 Å². The zero-order valence-electron chi connectivity index (χ0n) is 17.1. The number of carbonyl (C=O) groups excluding carboxylic acids is 1. The summed E-state index contributed by atoms with van der Waals surface area (Å²) in [5.41, 5.74) is 3.62. The number of hydrogen-bond acceptors (Lipinski definition) is 4. The van der Waals surface area contributed by atoms with Crippen LogP contribution in [0, 0.1) is 6.92 Å². The fraction of sp³-hybridized carbons (Fsp3) is 0.364. The third kappa shape index (κ3) is 4.03. The van der Waals surface area contributed by atoms with Crippen molar-refractivity contribution < 1.29 is 9.53 Å². The average molecular weight is 415 g/mol. The van der Waals surface area contributed by atoms with Crippen LogP contribution in [-0.4, -0.2) is 40.6 Å². The van der Waals surface area contributed by atoms with Crippen LogP contribution < -0.4 is 10.1 Å². The van der Waals surface area contributed by atoms with E-state index in [0.717, 1.165) is 59.7 Å². The predicted molar refractivity (Wildman–Crippen MR) is 119 cm³/mol. The maximum atomic E-state index is 13.1. The molecule has 0 atom stereocenters. The van der Waals surface area contributed by atoms with Crippen LogP contribution in [0.15, 0.2) is 36.7 Å². The first kappa shape index (κ1) is 21.0. The molecule has 1 aromatic carbocycles. The number of nitrogens with one attached hydrogen (secondary N) is 1. The van der Waals surface area contributed by atoms with Gasteiger partial charge in [0.2, 0.25) is 0 Å². The molecule has 2 aromatic heterocycles. The quantitative estimate of drug-likeness (QED) is 0.673. The van der Waals surface area contributed by atoms with Crippen molar-refractivity contribution in [2.24, 2.45) is 7.05 Å². The van der Waals surface area contributed by atoms with E-state index in [-0.39, 0.29) is 18.3 Å². The van der Waals surface area contributed by atoms with Crippen LogP contribution in [0.25, 0.3) is 10.9 Å². The summed E-state index contributed by atoms with van der Waals surface area (Å²) in [6, 6.07) is 7.90. The van der Waals surface area contributed by atoms with Gasteiger partial charge in [-0.25, -0.2) is 4.98 Å². The van der Waals surface area contributed by atoms with Crippen LogP contribution in [0.3, 0.4) is 0 Å². The fourth-order valence-corrected chi connectivity index (χ4v) is 3.87. The van der Waals surface area contributed by atoms with E-state index in [1.165, 1.54) is 6.42 Å². The van der Waals surface area contributed by atoms with Gasteiger partial charge in [0.25, 0.3) is 5.91 Å². The molecule has 1 amide bonds. The van der Waals surface area contributed by atoms with Crippen molar-refractivity contribution in [2.45, 2.75) is 26.2 Å². The molecular weight excluding hydrogens is 388 g/mol. The van der Waals surface area contributed by atoms with E-state index in [4.69, 9.17) is 4.74 Å². The van der Waals surface area contributed by atoms with Gasteiger partial charge in [-0.3, -0.25) is 4.79 Å². The van der Waals surface area contributed by atoms with E-state index in [9.17, 15) is 4.79 Å². The highest BCUT2D eigenvalue weighted by Crippen LogP contribution is 2.31. The first-order valence-corrected chi connectivity index (χ1v) is 9.73. The van der Waals surface area contributed by atoms with Gasteiger partial charge in [0, 0.05) is 43.6 Å². The lowest BCUT2D eigenvalue weighted by Gasteiger charge is -2.27. The van der Waals surface area contributed by atoms with Crippen molar-refractivity contribution in [1.82, 2.24) is 14.5 Å². The summed E-state index contributed by atoms with van der Waals surface area (Å²) in [4.78, 5) is 19.7. The Labute approximate surface area is 177 Å². The predicted octanol–water partition coefficient (Wildman–Crippen LogP) is 4.68. The number of anilines is 2. The first-order chi connectivity index (χ1) is 13.6. The normalized spacial score (nSPS) is 13.8. The molecule has 1 aliphatic rings. The molecular formula is C22H27ClN4O2. The molecule has 154 valence electrons. The average Bonchev–Trinajstić information content (AvgIpc) is 3.12. The lowest BCUT2D eigenvalue weighted by molar-refractivity contribution is 0.0725. The van der Waals surface area contributed by atoms with Crippen LogP contribution in [-0.2, 0) is 7.05 Å². The number of fused-ring (bicyclic) bond motifs is 1. The summed E-state index contributed by atoms with van der Waals surface area (Å²) < 4.78 is 7.28. The van der Waals surface area contributed by atoms with Crippen molar-refractivity contribution in [2.75, 3.05) is 25.5 Å². The molecule has 0 spiro atoms. The number of aryl methyl sites for hydroxylation is 2. The maximum absolute atomic E-state index is 13.1. The molecule has 0 bridgehead atoms. The number of ether oxygens (including phenoxy) is 1. The minimum atomic E-state index is 0. The standard InChI is InChI=1S/C22H26N4O2.ClH/c1-15-13-16(28-3)7-8-19(15)24-21-17-9-12-25(2)20(17)18(14-23-21)22(27)26-10-5-4-6-11-26;/h7-9,12-14H,4-6,10-11H2,1-3H3,(H,23,24);1H. The molecule has 6 nitrogen and oxygen atoms in total. The van der Waals surface area contributed by atoms with Crippen LogP contribution in [0.2, 0.25) is 0 Å². The van der Waals surface area contributed by atoms with Gasteiger partial charge in [0.15, 0.2) is 0 Å². The van der Waals surface area contributed by atoms with Gasteiger partial charge in [0.1, 0.15) is 11.6 Å². The number of halogens is 1. The number of aromatic nitrogens is 2. The Hall–Kier alpha value is -2.73. The molecule has 1 fully saturated rings. The largest absolute Gasteiger partial charge is 0.497 e. The highest BCUT2D eigenvalue weighted by Gasteiger charge is 2.23. The second-order valence-corrected chi connectivity index (χ2v) is 7.37. The van der Waals surface area contributed by atoms with Crippen molar-refractivity contribution >= 4 is 40.7 Å². The number of amides is 1. The third-order valence-electron chi connectivity index (χ3n) is 5.47. The molecule has 0 saturated carbocycles. The minimum absolute atomic E-state index is 0. The summed E-state index contributed by atoms with van der Waals surface area (Å²) in [5, 5.41) is 4.37. The number of likely N-dealkylation sites (tertiary alicyclic amines) is 1. The topological polar surface area (TPSA) is 59.4 Å². The van der Waals surface area contributed by atoms with E-state index in [2.05, 4.69) is 10.3 Å². The van der Waals surface area contributed by atoms with Gasteiger partial charge >= 0.3 is 0 Å². The molecule has 3 heterocycles. The van der Waals surface area contributed by atoms with Crippen molar-refractivity contribution in [1.29, 1.82) is 0 Å². The van der Waals surface area contributed by atoms with Crippen molar-refractivity contribution in [3.05, 3.63) is 47.8 Å². The molecule has 0 radical (unpaired) electrons. The zero-order chi connectivity index (χ0) is 19.7. The third-order valence-corrected chi connectivity index (χ3v) is 5.47. The van der Waals surface area contributed by atoms with E-state index >= 15 is 0 Å². The summed E-state index contributed by atoms with van der Waals surface area (Å²) in [5.74, 6) is 1.65. The molecule has 4 rings (SSSR count). The Balaban J connectivity index is 0.00000240.